The minimum atomic E-state index is -0.763. The maximum atomic E-state index is 14.8. The maximum Gasteiger partial charge on any atom is 0.245 e. The van der Waals surface area contributed by atoms with Crippen LogP contribution >= 0.6 is 11.6 Å². The van der Waals surface area contributed by atoms with Gasteiger partial charge in [0.1, 0.15) is 11.9 Å². The molecule has 43 heavy (non-hydrogen) atoms. The van der Waals surface area contributed by atoms with Crippen molar-refractivity contribution >= 4 is 29.3 Å². The fourth-order valence-corrected chi connectivity index (χ4v) is 5.99. The van der Waals surface area contributed by atoms with Crippen LogP contribution in [0, 0.1) is 5.82 Å². The van der Waals surface area contributed by atoms with Crippen molar-refractivity contribution in [3.63, 3.8) is 0 Å². The Kier molecular flexibility index (Phi) is 10.1. The first kappa shape index (κ1) is 30.7. The van der Waals surface area contributed by atoms with Crippen molar-refractivity contribution in [2.24, 2.45) is 0 Å². The van der Waals surface area contributed by atoms with Crippen molar-refractivity contribution in [2.75, 3.05) is 32.7 Å². The molecule has 3 atom stereocenters. The molecule has 0 spiro atoms. The summed E-state index contributed by atoms with van der Waals surface area (Å²) < 4.78 is 14.8. The fraction of sp³-hybridized carbons (Fsp3) is 0.364. The minimum absolute atomic E-state index is 0.163. The summed E-state index contributed by atoms with van der Waals surface area (Å²) in [6.07, 6.45) is 0.875. The summed E-state index contributed by atoms with van der Waals surface area (Å²) >= 11 is 6.09. The number of nitrogens with one attached hydrogen (secondary N) is 3. The monoisotopic (exact) mass is 605 g/mol. The van der Waals surface area contributed by atoms with Gasteiger partial charge in [-0.2, -0.15) is 0 Å². The number of hydrogen-bond acceptors (Lipinski definition) is 5. The summed E-state index contributed by atoms with van der Waals surface area (Å²) in [4.78, 5) is 42.9. The van der Waals surface area contributed by atoms with Gasteiger partial charge in [-0.05, 0) is 41.3 Å². The summed E-state index contributed by atoms with van der Waals surface area (Å²) in [5.74, 6) is -0.897. The Bertz CT molecular complexity index is 1440. The van der Waals surface area contributed by atoms with E-state index in [2.05, 4.69) is 26.9 Å². The van der Waals surface area contributed by atoms with Crippen molar-refractivity contribution in [1.29, 1.82) is 0 Å². The largest absolute Gasteiger partial charge is 0.354 e. The van der Waals surface area contributed by atoms with E-state index in [1.54, 1.807) is 35.2 Å². The number of hydrogen-bond donors (Lipinski definition) is 3. The summed E-state index contributed by atoms with van der Waals surface area (Å²) in [7, 11) is 0. The Balaban J connectivity index is 1.28. The van der Waals surface area contributed by atoms with Gasteiger partial charge in [0, 0.05) is 63.2 Å². The molecule has 2 aliphatic rings. The van der Waals surface area contributed by atoms with Crippen molar-refractivity contribution in [3.8, 4) is 0 Å². The lowest BCUT2D eigenvalue weighted by Crippen LogP contribution is -2.58. The molecule has 0 bridgehead atoms. The normalized spacial score (nSPS) is 18.3. The fourth-order valence-electron chi connectivity index (χ4n) is 5.86. The number of piperazine rings is 1. The third-order valence-electron chi connectivity index (χ3n) is 8.24. The molecule has 1 fully saturated rings. The van der Waals surface area contributed by atoms with Gasteiger partial charge in [-0.3, -0.25) is 19.3 Å². The third-order valence-corrected chi connectivity index (χ3v) is 8.49. The van der Waals surface area contributed by atoms with Crippen LogP contribution in [0.4, 0.5) is 4.39 Å². The van der Waals surface area contributed by atoms with E-state index in [1.807, 2.05) is 30.3 Å². The maximum absolute atomic E-state index is 14.8. The second-order valence-corrected chi connectivity index (χ2v) is 11.6. The van der Waals surface area contributed by atoms with E-state index in [-0.39, 0.29) is 36.1 Å². The molecule has 2 heterocycles. The quantitative estimate of drug-likeness (QED) is 0.348. The SMILES string of the molecule is CC(=O)NCC(c1ccccc1F)N1CCN(C(=O)C(Cc2ccc(Cl)cc2)NC(=O)C2Cc3ccccc3CN2)CC1. The molecule has 3 aromatic carbocycles. The molecular weight excluding hydrogens is 569 g/mol. The summed E-state index contributed by atoms with van der Waals surface area (Å²) in [5, 5.41) is 9.77. The molecule has 5 rings (SSSR count). The Morgan fingerprint density at radius 2 is 1.63 bits per heavy atom. The highest BCUT2D eigenvalue weighted by molar-refractivity contribution is 6.30. The summed E-state index contributed by atoms with van der Waals surface area (Å²) in [6, 6.07) is 20.3. The highest BCUT2D eigenvalue weighted by Gasteiger charge is 2.34. The van der Waals surface area contributed by atoms with E-state index in [9.17, 15) is 18.8 Å². The predicted octanol–water partition coefficient (Wildman–Crippen LogP) is 3.24. The first-order valence-electron chi connectivity index (χ1n) is 14.6. The van der Waals surface area contributed by atoms with E-state index in [4.69, 9.17) is 11.6 Å². The smallest absolute Gasteiger partial charge is 0.245 e. The van der Waals surface area contributed by atoms with Crippen LogP contribution in [0.1, 0.15) is 35.2 Å². The number of fused-ring (bicyclic) bond motifs is 1. The van der Waals surface area contributed by atoms with Crippen LogP contribution < -0.4 is 16.0 Å². The molecule has 2 aliphatic heterocycles. The average molecular weight is 606 g/mol. The van der Waals surface area contributed by atoms with Gasteiger partial charge in [0.05, 0.1) is 12.1 Å². The Hall–Kier alpha value is -3.79. The first-order chi connectivity index (χ1) is 20.8. The van der Waals surface area contributed by atoms with E-state index >= 15 is 0 Å². The zero-order chi connectivity index (χ0) is 30.3. The lowest BCUT2D eigenvalue weighted by molar-refractivity contribution is -0.138. The lowest BCUT2D eigenvalue weighted by Gasteiger charge is -2.40. The molecule has 1 saturated heterocycles. The molecule has 0 saturated carbocycles. The van der Waals surface area contributed by atoms with Crippen LogP contribution in [0.25, 0.3) is 0 Å². The van der Waals surface area contributed by atoms with Gasteiger partial charge in [0.2, 0.25) is 17.7 Å². The molecule has 3 N–H and O–H groups in total. The van der Waals surface area contributed by atoms with Crippen LogP contribution in [0.3, 0.4) is 0 Å². The van der Waals surface area contributed by atoms with Gasteiger partial charge in [-0.15, -0.1) is 0 Å². The van der Waals surface area contributed by atoms with Crippen LogP contribution in [0.2, 0.25) is 5.02 Å². The van der Waals surface area contributed by atoms with Crippen LogP contribution in [0.15, 0.2) is 72.8 Å². The second kappa shape index (κ2) is 14.1. The second-order valence-electron chi connectivity index (χ2n) is 11.1. The molecule has 0 aromatic heterocycles. The molecule has 0 aliphatic carbocycles. The van der Waals surface area contributed by atoms with Gasteiger partial charge in [-0.25, -0.2) is 4.39 Å². The molecular formula is C33H37ClFN5O3. The Labute approximate surface area is 256 Å². The summed E-state index contributed by atoms with van der Waals surface area (Å²) in [6.45, 7) is 4.09. The number of carbonyl (C=O) groups excluding carboxylic acids is 3. The highest BCUT2D eigenvalue weighted by Crippen LogP contribution is 2.25. The van der Waals surface area contributed by atoms with Gasteiger partial charge in [0.25, 0.3) is 0 Å². The highest BCUT2D eigenvalue weighted by atomic mass is 35.5. The lowest BCUT2D eigenvalue weighted by atomic mass is 9.95. The van der Waals surface area contributed by atoms with Gasteiger partial charge < -0.3 is 20.9 Å². The Morgan fingerprint density at radius 1 is 0.953 bits per heavy atom. The average Bonchev–Trinajstić information content (AvgIpc) is 3.02. The number of rotatable bonds is 9. The van der Waals surface area contributed by atoms with Crippen molar-refractivity contribution in [3.05, 3.63) is 106 Å². The zero-order valence-corrected chi connectivity index (χ0v) is 24.9. The van der Waals surface area contributed by atoms with Gasteiger partial charge in [0.15, 0.2) is 0 Å². The molecule has 8 nitrogen and oxygen atoms in total. The van der Waals surface area contributed by atoms with Gasteiger partial charge >= 0.3 is 0 Å². The number of halogens is 2. The standard InChI is InChI=1S/C33H37ClFN5O3/c1-22(41)36-21-31(27-8-4-5-9-28(27)35)39-14-16-40(17-15-39)33(43)30(18-23-10-12-26(34)13-11-23)38-32(42)29-19-24-6-2-3-7-25(24)20-37-29/h2-13,29-31,37H,14-21H2,1H3,(H,36,41)(H,38,42). The van der Waals surface area contributed by atoms with E-state index < -0.39 is 12.1 Å². The molecule has 10 heteroatoms. The van der Waals surface area contributed by atoms with Crippen molar-refractivity contribution in [2.45, 2.75) is 44.4 Å². The van der Waals surface area contributed by atoms with Gasteiger partial charge in [-0.1, -0.05) is 66.2 Å². The Morgan fingerprint density at radius 3 is 2.33 bits per heavy atom. The van der Waals surface area contributed by atoms with Crippen LogP contribution in [-0.2, 0) is 33.8 Å². The molecule has 3 unspecified atom stereocenters. The topological polar surface area (TPSA) is 93.8 Å². The van der Waals surface area contributed by atoms with E-state index in [1.165, 1.54) is 18.6 Å². The van der Waals surface area contributed by atoms with Crippen LogP contribution in [0.5, 0.6) is 0 Å². The number of nitrogens with zero attached hydrogens (tertiary/aromatic N) is 2. The third kappa shape index (κ3) is 7.79. The summed E-state index contributed by atoms with van der Waals surface area (Å²) in [5.41, 5.74) is 3.69. The van der Waals surface area contributed by atoms with Crippen molar-refractivity contribution < 1.29 is 18.8 Å². The molecule has 0 radical (unpaired) electrons. The minimum Gasteiger partial charge on any atom is -0.354 e. The van der Waals surface area contributed by atoms with Crippen LogP contribution in [-0.4, -0.2) is 72.3 Å². The first-order valence-corrected chi connectivity index (χ1v) is 15.0. The number of benzene rings is 3. The number of carbonyl (C=O) groups is 3. The zero-order valence-electron chi connectivity index (χ0n) is 24.2. The molecule has 3 aromatic rings. The molecule has 226 valence electrons. The van der Waals surface area contributed by atoms with E-state index in [0.717, 1.165) is 11.1 Å². The predicted molar refractivity (Wildman–Crippen MR) is 164 cm³/mol. The van der Waals surface area contributed by atoms with Crippen molar-refractivity contribution in [1.82, 2.24) is 25.8 Å². The van der Waals surface area contributed by atoms with E-state index in [0.29, 0.717) is 56.2 Å². The number of amides is 3. The molecule has 3 amide bonds.